The fourth-order valence-electron chi connectivity index (χ4n) is 3.93. The van der Waals surface area contributed by atoms with Gasteiger partial charge in [-0.3, -0.25) is 14.0 Å². The highest BCUT2D eigenvalue weighted by Gasteiger charge is 2.34. The standard InChI is InChI=1S/C24H26N4O5S/c1-7-33-23(30)20-13(2)26-24-28(21(20)15-8-9-17(31-5)18(10-15)32-6)22(29)19(34-24)11-16-12-25-27(4)14(16)3/h8-12,21H,7H2,1-6H3/b19-11+/t21-/m1/s1. The van der Waals surface area contributed by atoms with Gasteiger partial charge in [-0.05, 0) is 44.5 Å². The third kappa shape index (κ3) is 3.94. The average Bonchev–Trinajstić information content (AvgIpc) is 3.30. The van der Waals surface area contributed by atoms with Crippen molar-refractivity contribution in [2.75, 3.05) is 20.8 Å². The fraction of sp³-hybridized carbons (Fsp3) is 0.333. The Morgan fingerprint density at radius 1 is 1.21 bits per heavy atom. The van der Waals surface area contributed by atoms with Crippen molar-refractivity contribution in [3.63, 3.8) is 0 Å². The molecule has 3 aromatic rings. The van der Waals surface area contributed by atoms with Gasteiger partial charge in [0.15, 0.2) is 16.3 Å². The van der Waals surface area contributed by atoms with Gasteiger partial charge in [0.1, 0.15) is 0 Å². The first-order valence-corrected chi connectivity index (χ1v) is 11.5. The van der Waals surface area contributed by atoms with Crippen molar-refractivity contribution < 1.29 is 19.0 Å². The Morgan fingerprint density at radius 2 is 1.94 bits per heavy atom. The smallest absolute Gasteiger partial charge is 0.338 e. The summed E-state index contributed by atoms with van der Waals surface area (Å²) in [6.07, 6.45) is 3.52. The monoisotopic (exact) mass is 482 g/mol. The number of methoxy groups -OCH3 is 2. The molecule has 0 spiro atoms. The lowest BCUT2D eigenvalue weighted by Crippen LogP contribution is -2.40. The normalized spacial score (nSPS) is 15.7. The SMILES string of the molecule is CCOC(=O)C1=C(C)N=c2s/c(=C/c3cnn(C)c3C)c(=O)n2[C@@H]1c1ccc(OC)c(OC)c1. The number of benzene rings is 1. The maximum absolute atomic E-state index is 13.7. The fourth-order valence-corrected chi connectivity index (χ4v) is 4.97. The predicted molar refractivity (Wildman–Crippen MR) is 128 cm³/mol. The second kappa shape index (κ2) is 9.30. The summed E-state index contributed by atoms with van der Waals surface area (Å²) in [6.45, 7) is 5.64. The number of fused-ring (bicyclic) bond motifs is 1. The number of aryl methyl sites for hydroxylation is 1. The zero-order valence-electron chi connectivity index (χ0n) is 19.9. The number of nitrogens with zero attached hydrogens (tertiary/aromatic N) is 4. The Morgan fingerprint density at radius 3 is 2.56 bits per heavy atom. The molecule has 2 aromatic heterocycles. The molecular weight excluding hydrogens is 456 g/mol. The minimum Gasteiger partial charge on any atom is -0.493 e. The molecule has 9 nitrogen and oxygen atoms in total. The van der Waals surface area contributed by atoms with Gasteiger partial charge < -0.3 is 14.2 Å². The quantitative estimate of drug-likeness (QED) is 0.498. The maximum atomic E-state index is 13.7. The first-order chi connectivity index (χ1) is 16.3. The summed E-state index contributed by atoms with van der Waals surface area (Å²) >= 11 is 1.27. The van der Waals surface area contributed by atoms with Crippen molar-refractivity contribution >= 4 is 23.4 Å². The van der Waals surface area contributed by atoms with Gasteiger partial charge >= 0.3 is 5.97 Å². The molecule has 10 heteroatoms. The van der Waals surface area contributed by atoms with Crippen molar-refractivity contribution in [3.05, 3.63) is 72.2 Å². The molecule has 0 N–H and O–H groups in total. The number of aromatic nitrogens is 3. The van der Waals surface area contributed by atoms with E-state index in [1.165, 1.54) is 18.4 Å². The highest BCUT2D eigenvalue weighted by molar-refractivity contribution is 7.07. The lowest BCUT2D eigenvalue weighted by Gasteiger charge is -2.25. The van der Waals surface area contributed by atoms with Crippen LogP contribution in [0.25, 0.3) is 6.08 Å². The molecule has 0 aliphatic carbocycles. The molecule has 0 amide bonds. The Hall–Kier alpha value is -3.66. The summed E-state index contributed by atoms with van der Waals surface area (Å²) in [6, 6.07) is 4.60. The second-order valence-electron chi connectivity index (χ2n) is 7.73. The molecule has 3 heterocycles. The van der Waals surface area contributed by atoms with E-state index in [-0.39, 0.29) is 12.2 Å². The maximum Gasteiger partial charge on any atom is 0.338 e. The molecule has 0 bridgehead atoms. The molecule has 1 aromatic carbocycles. The predicted octanol–water partition coefficient (Wildman–Crippen LogP) is 1.86. The van der Waals surface area contributed by atoms with E-state index >= 15 is 0 Å². The van der Waals surface area contributed by atoms with Gasteiger partial charge in [-0.1, -0.05) is 17.4 Å². The van der Waals surface area contributed by atoms with E-state index in [1.54, 1.807) is 54.6 Å². The van der Waals surface area contributed by atoms with Crippen LogP contribution in [0.2, 0.25) is 0 Å². The Balaban J connectivity index is 1.98. The number of allylic oxidation sites excluding steroid dienone is 1. The van der Waals surface area contributed by atoms with Crippen LogP contribution >= 0.6 is 11.3 Å². The van der Waals surface area contributed by atoms with E-state index in [2.05, 4.69) is 10.1 Å². The molecule has 0 fully saturated rings. The highest BCUT2D eigenvalue weighted by Crippen LogP contribution is 2.36. The number of carbonyl (C=O) groups is 1. The summed E-state index contributed by atoms with van der Waals surface area (Å²) in [5.41, 5.74) is 3.03. The van der Waals surface area contributed by atoms with E-state index in [9.17, 15) is 9.59 Å². The molecule has 0 saturated carbocycles. The zero-order valence-corrected chi connectivity index (χ0v) is 20.7. The van der Waals surface area contributed by atoms with Gasteiger partial charge in [0.05, 0.1) is 48.9 Å². The summed E-state index contributed by atoms with van der Waals surface area (Å²) in [5, 5.41) is 4.25. The van der Waals surface area contributed by atoms with Crippen LogP contribution in [0.4, 0.5) is 0 Å². The van der Waals surface area contributed by atoms with Gasteiger partial charge in [-0.25, -0.2) is 9.79 Å². The first kappa shape index (κ1) is 23.5. The average molecular weight is 483 g/mol. The van der Waals surface area contributed by atoms with E-state index in [0.717, 1.165) is 11.3 Å². The van der Waals surface area contributed by atoms with Gasteiger partial charge in [0.2, 0.25) is 0 Å². The van der Waals surface area contributed by atoms with E-state index in [0.29, 0.717) is 37.7 Å². The van der Waals surface area contributed by atoms with Crippen molar-refractivity contribution in [2.24, 2.45) is 12.0 Å². The molecule has 1 aliphatic heterocycles. The number of hydrogen-bond acceptors (Lipinski definition) is 8. The Labute approximate surface area is 200 Å². The molecule has 0 radical (unpaired) electrons. The lowest BCUT2D eigenvalue weighted by molar-refractivity contribution is -0.139. The highest BCUT2D eigenvalue weighted by atomic mass is 32.1. The van der Waals surface area contributed by atoms with E-state index < -0.39 is 12.0 Å². The van der Waals surface area contributed by atoms with Crippen molar-refractivity contribution in [3.8, 4) is 11.5 Å². The van der Waals surface area contributed by atoms with Crippen molar-refractivity contribution in [1.29, 1.82) is 0 Å². The summed E-state index contributed by atoms with van der Waals surface area (Å²) in [4.78, 5) is 31.8. The molecule has 178 valence electrons. The number of thiazole rings is 1. The Kier molecular flexibility index (Phi) is 6.43. The van der Waals surface area contributed by atoms with Gasteiger partial charge in [-0.2, -0.15) is 5.10 Å². The number of ether oxygens (including phenoxy) is 3. The molecule has 1 aliphatic rings. The van der Waals surface area contributed by atoms with Crippen LogP contribution in [0.15, 0.2) is 45.5 Å². The van der Waals surface area contributed by atoms with Crippen LogP contribution in [0.3, 0.4) is 0 Å². The van der Waals surface area contributed by atoms with Crippen LogP contribution in [0.1, 0.15) is 36.7 Å². The van der Waals surface area contributed by atoms with Gasteiger partial charge in [0, 0.05) is 18.3 Å². The third-order valence-corrected chi connectivity index (χ3v) is 6.78. The zero-order chi connectivity index (χ0) is 24.6. The molecule has 34 heavy (non-hydrogen) atoms. The topological polar surface area (TPSA) is 96.9 Å². The summed E-state index contributed by atoms with van der Waals surface area (Å²) in [5.74, 6) is 0.524. The van der Waals surface area contributed by atoms with Gasteiger partial charge in [0.25, 0.3) is 5.56 Å². The van der Waals surface area contributed by atoms with Crippen molar-refractivity contribution in [1.82, 2.24) is 14.3 Å². The number of esters is 1. The first-order valence-electron chi connectivity index (χ1n) is 10.7. The second-order valence-corrected chi connectivity index (χ2v) is 8.73. The Bertz CT molecular complexity index is 1480. The molecular formula is C24H26N4O5S. The molecule has 4 rings (SSSR count). The van der Waals surface area contributed by atoms with Crippen LogP contribution in [0, 0.1) is 6.92 Å². The number of hydrogen-bond donors (Lipinski definition) is 0. The number of rotatable bonds is 6. The largest absolute Gasteiger partial charge is 0.493 e. The van der Waals surface area contributed by atoms with Gasteiger partial charge in [-0.15, -0.1) is 0 Å². The van der Waals surface area contributed by atoms with E-state index in [4.69, 9.17) is 14.2 Å². The minimum absolute atomic E-state index is 0.207. The number of carbonyl (C=O) groups excluding carboxylic acids is 1. The van der Waals surface area contributed by atoms with Crippen LogP contribution < -0.4 is 24.4 Å². The minimum atomic E-state index is -0.729. The van der Waals surface area contributed by atoms with Crippen LogP contribution in [0.5, 0.6) is 11.5 Å². The van der Waals surface area contributed by atoms with E-state index in [1.807, 2.05) is 20.0 Å². The molecule has 0 unspecified atom stereocenters. The lowest BCUT2D eigenvalue weighted by atomic mass is 9.95. The molecule has 0 saturated heterocycles. The summed E-state index contributed by atoms with van der Waals surface area (Å²) < 4.78 is 20.0. The summed E-state index contributed by atoms with van der Waals surface area (Å²) in [7, 11) is 4.94. The molecule has 1 atom stereocenters. The van der Waals surface area contributed by atoms with Crippen LogP contribution in [-0.4, -0.2) is 41.1 Å². The van der Waals surface area contributed by atoms with Crippen molar-refractivity contribution in [2.45, 2.75) is 26.8 Å². The van der Waals surface area contributed by atoms with Crippen LogP contribution in [-0.2, 0) is 16.6 Å². The third-order valence-electron chi connectivity index (χ3n) is 5.80.